The number of aliphatic hydroxyl groups excluding tert-OH is 1. The summed E-state index contributed by atoms with van der Waals surface area (Å²) in [5.74, 6) is 0.0202. The molecule has 2 aliphatic rings. The number of carbonyl (C=O) groups excluding carboxylic acids is 1. The van der Waals surface area contributed by atoms with E-state index in [0.717, 1.165) is 18.5 Å². The smallest absolute Gasteiger partial charge is 0.254 e. The number of nitrogens with zero attached hydrogens (tertiary/aromatic N) is 2. The molecular formula is C14H17ClN2O2. The van der Waals surface area contributed by atoms with Crippen molar-refractivity contribution in [3.8, 4) is 0 Å². The number of pyridine rings is 1. The second-order valence-corrected chi connectivity index (χ2v) is 5.93. The van der Waals surface area contributed by atoms with Gasteiger partial charge in [-0.05, 0) is 44.7 Å². The fraction of sp³-hybridized carbons (Fsp3) is 0.571. The molecule has 3 rings (SSSR count). The molecule has 0 saturated carbocycles. The third-order valence-corrected chi connectivity index (χ3v) is 4.31. The molecule has 4 nitrogen and oxygen atoms in total. The predicted octanol–water partition coefficient (Wildman–Crippen LogP) is 2.17. The highest BCUT2D eigenvalue weighted by atomic mass is 35.5. The van der Waals surface area contributed by atoms with E-state index in [2.05, 4.69) is 4.98 Å². The Kier molecular flexibility index (Phi) is 3.23. The molecular weight excluding hydrogens is 264 g/mol. The van der Waals surface area contributed by atoms with Crippen molar-refractivity contribution in [1.29, 1.82) is 0 Å². The molecule has 2 fully saturated rings. The van der Waals surface area contributed by atoms with Gasteiger partial charge in [0.2, 0.25) is 0 Å². The fourth-order valence-corrected chi connectivity index (χ4v) is 3.63. The molecule has 19 heavy (non-hydrogen) atoms. The largest absolute Gasteiger partial charge is 0.393 e. The van der Waals surface area contributed by atoms with Crippen LogP contribution in [0.1, 0.15) is 41.7 Å². The third-order valence-electron chi connectivity index (χ3n) is 4.11. The Hall–Kier alpha value is -1.13. The van der Waals surface area contributed by atoms with Crippen LogP contribution in [0.2, 0.25) is 5.15 Å². The maximum Gasteiger partial charge on any atom is 0.254 e. The van der Waals surface area contributed by atoms with Crippen molar-refractivity contribution in [2.24, 2.45) is 0 Å². The number of hydrogen-bond acceptors (Lipinski definition) is 3. The highest BCUT2D eigenvalue weighted by molar-refractivity contribution is 6.29. The summed E-state index contributed by atoms with van der Waals surface area (Å²) in [6.45, 7) is 1.83. The van der Waals surface area contributed by atoms with Crippen LogP contribution < -0.4 is 0 Å². The Bertz CT molecular complexity index is 486. The minimum atomic E-state index is -0.260. The number of piperidine rings is 1. The van der Waals surface area contributed by atoms with Gasteiger partial charge in [0.25, 0.3) is 5.91 Å². The summed E-state index contributed by atoms with van der Waals surface area (Å²) >= 11 is 5.92. The van der Waals surface area contributed by atoms with Gasteiger partial charge in [0, 0.05) is 23.3 Å². The number of aromatic nitrogens is 1. The van der Waals surface area contributed by atoms with Crippen LogP contribution in [-0.4, -0.2) is 39.1 Å². The SMILES string of the molecule is Cc1cc(C(=O)N2C3CCC2CC(O)C3)cc(Cl)n1. The maximum atomic E-state index is 12.6. The lowest BCUT2D eigenvalue weighted by atomic mass is 9.99. The molecule has 2 saturated heterocycles. The first-order chi connectivity index (χ1) is 9.04. The second-order valence-electron chi connectivity index (χ2n) is 5.54. The molecule has 102 valence electrons. The minimum absolute atomic E-state index is 0.0202. The van der Waals surface area contributed by atoms with Crippen molar-refractivity contribution in [3.05, 3.63) is 28.5 Å². The summed E-state index contributed by atoms with van der Waals surface area (Å²) in [6, 6.07) is 3.75. The second kappa shape index (κ2) is 4.76. The molecule has 1 amide bonds. The quantitative estimate of drug-likeness (QED) is 0.802. The number of rotatable bonds is 1. The van der Waals surface area contributed by atoms with Crippen molar-refractivity contribution in [2.75, 3.05) is 0 Å². The molecule has 3 heterocycles. The summed E-state index contributed by atoms with van der Waals surface area (Å²) in [5, 5.41) is 10.1. The summed E-state index contributed by atoms with van der Waals surface area (Å²) < 4.78 is 0. The minimum Gasteiger partial charge on any atom is -0.393 e. The normalized spacial score (nSPS) is 29.6. The number of halogens is 1. The zero-order valence-electron chi connectivity index (χ0n) is 10.8. The molecule has 0 aromatic carbocycles. The van der Waals surface area contributed by atoms with Crippen molar-refractivity contribution in [1.82, 2.24) is 9.88 Å². The Morgan fingerprint density at radius 3 is 2.58 bits per heavy atom. The van der Waals surface area contributed by atoms with E-state index < -0.39 is 0 Å². The maximum absolute atomic E-state index is 12.6. The van der Waals surface area contributed by atoms with E-state index in [1.54, 1.807) is 12.1 Å². The Morgan fingerprint density at radius 1 is 1.37 bits per heavy atom. The summed E-state index contributed by atoms with van der Waals surface area (Å²) in [4.78, 5) is 18.7. The molecule has 2 aliphatic heterocycles. The fourth-order valence-electron chi connectivity index (χ4n) is 3.38. The van der Waals surface area contributed by atoms with Gasteiger partial charge in [-0.15, -0.1) is 0 Å². The lowest BCUT2D eigenvalue weighted by molar-refractivity contribution is 0.0286. The Morgan fingerprint density at radius 2 is 2.00 bits per heavy atom. The summed E-state index contributed by atoms with van der Waals surface area (Å²) in [7, 11) is 0. The van der Waals surface area contributed by atoms with Gasteiger partial charge in [-0.25, -0.2) is 4.98 Å². The standard InChI is InChI=1S/C14H17ClN2O2/c1-8-4-9(5-13(15)16-8)14(19)17-10-2-3-11(17)7-12(18)6-10/h4-5,10-12,18H,2-3,6-7H2,1H3. The van der Waals surface area contributed by atoms with Crippen LogP contribution in [0.3, 0.4) is 0 Å². The van der Waals surface area contributed by atoms with Gasteiger partial charge < -0.3 is 10.0 Å². The Labute approximate surface area is 117 Å². The zero-order valence-corrected chi connectivity index (χ0v) is 11.6. The van der Waals surface area contributed by atoms with Gasteiger partial charge in [0.05, 0.1) is 6.10 Å². The summed E-state index contributed by atoms with van der Waals surface area (Å²) in [5.41, 5.74) is 1.35. The van der Waals surface area contributed by atoms with E-state index in [4.69, 9.17) is 11.6 Å². The van der Waals surface area contributed by atoms with Crippen LogP contribution >= 0.6 is 11.6 Å². The van der Waals surface area contributed by atoms with Crippen molar-refractivity contribution in [2.45, 2.75) is 50.8 Å². The van der Waals surface area contributed by atoms with Gasteiger partial charge >= 0.3 is 0 Å². The molecule has 1 aromatic heterocycles. The van der Waals surface area contributed by atoms with Crippen LogP contribution in [-0.2, 0) is 0 Å². The number of aliphatic hydroxyl groups is 1. The zero-order chi connectivity index (χ0) is 13.6. The molecule has 0 radical (unpaired) electrons. The number of carbonyl (C=O) groups is 1. The third kappa shape index (κ3) is 2.35. The van der Waals surface area contributed by atoms with E-state index >= 15 is 0 Å². The molecule has 0 aliphatic carbocycles. The molecule has 2 unspecified atom stereocenters. The molecule has 0 spiro atoms. The van der Waals surface area contributed by atoms with Gasteiger partial charge in [-0.1, -0.05) is 11.6 Å². The first kappa shape index (κ1) is 12.9. The topological polar surface area (TPSA) is 53.4 Å². The highest BCUT2D eigenvalue weighted by Crippen LogP contribution is 2.36. The molecule has 5 heteroatoms. The van der Waals surface area contributed by atoms with E-state index in [1.807, 2.05) is 11.8 Å². The number of fused-ring (bicyclic) bond motifs is 2. The first-order valence-electron chi connectivity index (χ1n) is 6.69. The molecule has 1 aromatic rings. The number of aryl methyl sites for hydroxylation is 1. The first-order valence-corrected chi connectivity index (χ1v) is 7.07. The van der Waals surface area contributed by atoms with Crippen LogP contribution in [0.25, 0.3) is 0 Å². The lowest BCUT2D eigenvalue weighted by Gasteiger charge is -2.37. The van der Waals surface area contributed by atoms with Crippen LogP contribution in [0.15, 0.2) is 12.1 Å². The van der Waals surface area contributed by atoms with E-state index in [9.17, 15) is 9.90 Å². The van der Waals surface area contributed by atoms with Gasteiger partial charge in [-0.3, -0.25) is 4.79 Å². The average Bonchev–Trinajstić information content (AvgIpc) is 2.59. The van der Waals surface area contributed by atoms with E-state index in [0.29, 0.717) is 23.6 Å². The molecule has 1 N–H and O–H groups in total. The highest BCUT2D eigenvalue weighted by Gasteiger charge is 2.42. The van der Waals surface area contributed by atoms with Crippen molar-refractivity contribution >= 4 is 17.5 Å². The van der Waals surface area contributed by atoms with E-state index in [1.165, 1.54) is 0 Å². The molecule has 2 atom stereocenters. The van der Waals surface area contributed by atoms with Gasteiger partial charge in [0.1, 0.15) is 5.15 Å². The molecule has 2 bridgehead atoms. The predicted molar refractivity (Wildman–Crippen MR) is 72.2 cm³/mol. The van der Waals surface area contributed by atoms with E-state index in [-0.39, 0.29) is 24.1 Å². The van der Waals surface area contributed by atoms with Gasteiger partial charge in [-0.2, -0.15) is 0 Å². The van der Waals surface area contributed by atoms with Crippen LogP contribution in [0.5, 0.6) is 0 Å². The summed E-state index contributed by atoms with van der Waals surface area (Å²) in [6.07, 6.45) is 3.11. The van der Waals surface area contributed by atoms with Crippen molar-refractivity contribution in [3.63, 3.8) is 0 Å². The lowest BCUT2D eigenvalue weighted by Crippen LogP contribution is -2.48. The van der Waals surface area contributed by atoms with Crippen LogP contribution in [0, 0.1) is 6.92 Å². The number of hydrogen-bond donors (Lipinski definition) is 1. The van der Waals surface area contributed by atoms with Crippen molar-refractivity contribution < 1.29 is 9.90 Å². The van der Waals surface area contributed by atoms with Gasteiger partial charge in [0.15, 0.2) is 0 Å². The Balaban J connectivity index is 1.88. The van der Waals surface area contributed by atoms with Crippen LogP contribution in [0.4, 0.5) is 0 Å². The number of amides is 1. The monoisotopic (exact) mass is 280 g/mol. The average molecular weight is 281 g/mol.